The van der Waals surface area contributed by atoms with Crippen LogP contribution in [0.3, 0.4) is 0 Å². The van der Waals surface area contributed by atoms with E-state index in [4.69, 9.17) is 0 Å². The second-order valence-corrected chi connectivity index (χ2v) is 20.9. The van der Waals surface area contributed by atoms with Gasteiger partial charge in [0, 0.05) is 63.6 Å². The minimum atomic E-state index is 0.419. The summed E-state index contributed by atoms with van der Waals surface area (Å²) in [6.45, 7) is 9.56. The van der Waals surface area contributed by atoms with Crippen LogP contribution in [0.15, 0.2) is 231 Å². The van der Waals surface area contributed by atoms with Gasteiger partial charge in [0.1, 0.15) is 6.07 Å². The highest BCUT2D eigenvalue weighted by atomic mass is 32.1. The van der Waals surface area contributed by atoms with Gasteiger partial charge in [-0.15, -0.1) is 22.7 Å². The highest BCUT2D eigenvalue weighted by Gasteiger charge is 2.33. The van der Waals surface area contributed by atoms with Crippen LogP contribution in [-0.2, 0) is 0 Å². The molecule has 74 heavy (non-hydrogen) atoms. The number of fused-ring (bicyclic) bond motifs is 14. The summed E-state index contributed by atoms with van der Waals surface area (Å²) < 4.78 is 9.49. The van der Waals surface area contributed by atoms with Gasteiger partial charge in [-0.05, 0) is 63.7 Å². The number of hydrogen-bond donors (Lipinski definition) is 0. The predicted octanol–water partition coefficient (Wildman–Crippen LogP) is 19.7. The molecular weight excluding hydrogens is 937 g/mol. The highest BCUT2D eigenvalue weighted by molar-refractivity contribution is 7.27. The zero-order valence-electron chi connectivity index (χ0n) is 39.5. The molecule has 0 saturated carbocycles. The van der Waals surface area contributed by atoms with E-state index in [2.05, 4.69) is 214 Å². The Hall–Kier alpha value is -9.56. The number of aromatic nitrogens is 2. The minimum absolute atomic E-state index is 0.419. The molecule has 4 nitrogen and oxygen atoms in total. The third kappa shape index (κ3) is 6.05. The molecule has 0 fully saturated rings. The van der Waals surface area contributed by atoms with E-state index < -0.39 is 0 Å². The van der Waals surface area contributed by atoms with E-state index in [9.17, 15) is 11.8 Å². The van der Waals surface area contributed by atoms with Crippen LogP contribution in [0.25, 0.3) is 145 Å². The van der Waals surface area contributed by atoms with Gasteiger partial charge >= 0.3 is 0 Å². The third-order valence-corrected chi connectivity index (χ3v) is 17.4. The quantitative estimate of drug-likeness (QED) is 0.153. The van der Waals surface area contributed by atoms with Crippen molar-refractivity contribution in [2.75, 3.05) is 0 Å². The molecule has 4 heterocycles. The first-order valence-corrected chi connectivity index (χ1v) is 26.3. The van der Waals surface area contributed by atoms with Gasteiger partial charge in [-0.25, -0.2) is 4.85 Å². The molecule has 0 spiro atoms. The van der Waals surface area contributed by atoms with Gasteiger partial charge in [-0.2, -0.15) is 5.26 Å². The fourth-order valence-electron chi connectivity index (χ4n) is 11.9. The predicted molar refractivity (Wildman–Crippen MR) is 314 cm³/mol. The Kier molecular flexibility index (Phi) is 9.40. The topological polar surface area (TPSA) is 38.0 Å². The van der Waals surface area contributed by atoms with E-state index in [0.29, 0.717) is 16.8 Å². The van der Waals surface area contributed by atoms with E-state index in [-0.39, 0.29) is 0 Å². The van der Waals surface area contributed by atoms with Gasteiger partial charge in [0.15, 0.2) is 0 Å². The molecule has 0 aliphatic rings. The van der Waals surface area contributed by atoms with Crippen molar-refractivity contribution < 1.29 is 0 Å². The molecule has 4 aromatic heterocycles. The normalized spacial score (nSPS) is 11.8. The van der Waals surface area contributed by atoms with Crippen LogP contribution in [-0.4, -0.2) is 9.13 Å². The number of nitriles is 1. The van der Waals surface area contributed by atoms with Crippen molar-refractivity contribution in [3.05, 3.63) is 248 Å². The molecule has 0 aliphatic heterocycles. The van der Waals surface area contributed by atoms with Crippen LogP contribution in [0.2, 0.25) is 0 Å². The average molecular weight is 975 g/mol. The summed E-state index contributed by atoms with van der Waals surface area (Å²) >= 11 is 3.60. The molecule has 0 amide bonds. The summed E-state index contributed by atoms with van der Waals surface area (Å²) in [4.78, 5) is 4.68. The van der Waals surface area contributed by atoms with Crippen molar-refractivity contribution in [1.82, 2.24) is 9.13 Å². The molecule has 342 valence electrons. The highest BCUT2D eigenvalue weighted by Crippen LogP contribution is 2.55. The molecule has 0 bridgehead atoms. The molecule has 0 radical (unpaired) electrons. The lowest BCUT2D eigenvalue weighted by molar-refractivity contribution is 1.14. The van der Waals surface area contributed by atoms with E-state index in [1.165, 1.54) is 30.9 Å². The molecule has 11 aromatic carbocycles. The molecular formula is C68H38N4S2. The van der Waals surface area contributed by atoms with Crippen LogP contribution in [0, 0.1) is 17.9 Å². The van der Waals surface area contributed by atoms with E-state index in [0.717, 1.165) is 103 Å². The van der Waals surface area contributed by atoms with Crippen molar-refractivity contribution in [2.24, 2.45) is 0 Å². The van der Waals surface area contributed by atoms with E-state index in [1.807, 2.05) is 36.4 Å². The van der Waals surface area contributed by atoms with Crippen LogP contribution < -0.4 is 0 Å². The molecule has 0 saturated heterocycles. The summed E-state index contributed by atoms with van der Waals surface area (Å²) in [6.07, 6.45) is 0. The smallest absolute Gasteiger partial charge is 0.220 e. The first kappa shape index (κ1) is 42.2. The van der Waals surface area contributed by atoms with Gasteiger partial charge in [-0.1, -0.05) is 200 Å². The zero-order valence-corrected chi connectivity index (χ0v) is 41.2. The Morgan fingerprint density at radius 1 is 0.378 bits per heavy atom. The molecule has 15 rings (SSSR count). The van der Waals surface area contributed by atoms with Gasteiger partial charge in [-0.3, -0.25) is 0 Å². The van der Waals surface area contributed by atoms with Crippen LogP contribution in [0.1, 0.15) is 5.56 Å². The van der Waals surface area contributed by atoms with Gasteiger partial charge in [0.05, 0.1) is 55.0 Å². The lowest BCUT2D eigenvalue weighted by Crippen LogP contribution is -2.09. The average Bonchev–Trinajstić information content (AvgIpc) is 4.23. The maximum Gasteiger partial charge on any atom is 0.220 e. The number of thiophene rings is 2. The lowest BCUT2D eigenvalue weighted by Gasteiger charge is -2.26. The standard InChI is InChI=1S/C68H38N4S2/c1-70-62-60(43-24-10-4-11-25-43)55(40-69)63(71-56-31-17-14-28-45(56)54-38-52(41-20-6-2-7-21-41)53(39-57(54)71)42-22-8-3-9-23-42)61(44-26-12-5-13-27-44)66(62)72-64-48(34-36-50-46-29-15-18-32-58(46)73-67(50)64)49-35-37-51-47-30-16-19-33-59(47)74-68(51)65(49)72/h2-39H. The molecule has 0 unspecified atom stereocenters. The van der Waals surface area contributed by atoms with Crippen LogP contribution >= 0.6 is 22.7 Å². The third-order valence-electron chi connectivity index (χ3n) is 15.0. The molecule has 6 heteroatoms. The fraction of sp³-hybridized carbons (Fsp3) is 0. The van der Waals surface area contributed by atoms with Crippen molar-refractivity contribution in [3.8, 4) is 62.0 Å². The number of hydrogen-bond acceptors (Lipinski definition) is 3. The monoisotopic (exact) mass is 974 g/mol. The van der Waals surface area contributed by atoms with Crippen LogP contribution in [0.5, 0.6) is 0 Å². The number of para-hydroxylation sites is 1. The maximum absolute atomic E-state index is 12.2. The van der Waals surface area contributed by atoms with Crippen molar-refractivity contribution in [1.29, 1.82) is 5.26 Å². The summed E-state index contributed by atoms with van der Waals surface area (Å²) in [7, 11) is 0. The summed E-state index contributed by atoms with van der Waals surface area (Å²) in [5.41, 5.74) is 13.8. The SMILES string of the molecule is [C-]#[N+]c1c(-c2ccccc2)c(C#N)c(-n2c3ccccc3c3cc(-c4ccccc4)c(-c4ccccc4)cc32)c(-c2ccccc2)c1-n1c2c(ccc3c4ccccc4sc32)c2ccc3c4ccccc4sc3c21. The van der Waals surface area contributed by atoms with Crippen molar-refractivity contribution in [2.45, 2.75) is 0 Å². The first-order valence-electron chi connectivity index (χ1n) is 24.7. The zero-order chi connectivity index (χ0) is 49.0. The van der Waals surface area contributed by atoms with Gasteiger partial charge in [0.2, 0.25) is 5.69 Å². The second kappa shape index (κ2) is 16.5. The Morgan fingerprint density at radius 2 is 0.824 bits per heavy atom. The fourth-order valence-corrected chi connectivity index (χ4v) is 14.3. The number of benzene rings is 11. The second-order valence-electron chi connectivity index (χ2n) is 18.8. The van der Waals surface area contributed by atoms with Crippen LogP contribution in [0.4, 0.5) is 5.69 Å². The summed E-state index contributed by atoms with van der Waals surface area (Å²) in [5.74, 6) is 0. The Labute approximate surface area is 433 Å². The molecule has 0 aliphatic carbocycles. The summed E-state index contributed by atoms with van der Waals surface area (Å²) in [5, 5.41) is 21.2. The minimum Gasteiger partial charge on any atom is -0.316 e. The van der Waals surface area contributed by atoms with Gasteiger partial charge < -0.3 is 9.13 Å². The Bertz CT molecular complexity index is 4770. The molecule has 0 N–H and O–H groups in total. The maximum atomic E-state index is 12.2. The van der Waals surface area contributed by atoms with Crippen molar-refractivity contribution in [3.63, 3.8) is 0 Å². The lowest BCUT2D eigenvalue weighted by atomic mass is 9.88. The number of rotatable bonds is 6. The largest absolute Gasteiger partial charge is 0.316 e. The van der Waals surface area contributed by atoms with E-state index in [1.54, 1.807) is 22.7 Å². The number of nitrogens with zero attached hydrogens (tertiary/aromatic N) is 4. The first-order chi connectivity index (χ1) is 36.7. The molecule has 15 aromatic rings. The summed E-state index contributed by atoms with van der Waals surface area (Å²) in [6, 6.07) is 84.4. The van der Waals surface area contributed by atoms with E-state index >= 15 is 0 Å². The molecule has 0 atom stereocenters. The Balaban J connectivity index is 1.23. The van der Waals surface area contributed by atoms with Gasteiger partial charge in [0.25, 0.3) is 0 Å². The van der Waals surface area contributed by atoms with Crippen molar-refractivity contribution >= 4 is 112 Å². The Morgan fingerprint density at radius 3 is 1.35 bits per heavy atom.